The first-order valence-electron chi connectivity index (χ1n) is 19.0. The third-order valence-corrected chi connectivity index (χ3v) is 9.25. The van der Waals surface area contributed by atoms with E-state index in [0.717, 1.165) is 33.4 Å². The Hall–Kier alpha value is -6.52. The van der Waals surface area contributed by atoms with Crippen molar-refractivity contribution >= 4 is 29.8 Å². The third kappa shape index (κ3) is 11.0. The van der Waals surface area contributed by atoms with Crippen molar-refractivity contribution < 1.29 is 28.6 Å². The number of nitrogens with one attached hydrogen (secondary N) is 3. The van der Waals surface area contributed by atoms with Gasteiger partial charge < -0.3 is 14.2 Å². The quantitative estimate of drug-likeness (QED) is 0.0621. The number of amides is 2. The van der Waals surface area contributed by atoms with E-state index in [2.05, 4.69) is 20.9 Å². The van der Waals surface area contributed by atoms with Gasteiger partial charge in [0.25, 0.3) is 0 Å². The molecular weight excluding hydrogens is 717 g/mol. The van der Waals surface area contributed by atoms with E-state index in [1.165, 1.54) is 0 Å². The van der Waals surface area contributed by atoms with Gasteiger partial charge in [-0.25, -0.2) is 19.4 Å². The molecule has 1 aliphatic heterocycles. The Morgan fingerprint density at radius 3 is 1.49 bits per heavy atom. The van der Waals surface area contributed by atoms with Crippen molar-refractivity contribution in [2.24, 2.45) is 4.99 Å². The van der Waals surface area contributed by atoms with Crippen LogP contribution in [0.4, 0.5) is 15.3 Å². The molecule has 294 valence electrons. The van der Waals surface area contributed by atoms with Crippen LogP contribution in [0.3, 0.4) is 0 Å². The number of nitrogens with zero attached hydrogens (tertiary/aromatic N) is 1. The Morgan fingerprint density at radius 2 is 1.09 bits per heavy atom. The van der Waals surface area contributed by atoms with E-state index in [0.29, 0.717) is 23.6 Å². The minimum Gasteiger partial charge on any atom is -0.438 e. The van der Waals surface area contributed by atoms with Gasteiger partial charge in [-0.05, 0) is 91.8 Å². The van der Waals surface area contributed by atoms with Crippen LogP contribution in [0.15, 0.2) is 150 Å². The maximum atomic E-state index is 13.4. The van der Waals surface area contributed by atoms with E-state index < -0.39 is 35.4 Å². The second kappa shape index (κ2) is 18.9. The van der Waals surface area contributed by atoms with E-state index in [1.807, 2.05) is 123 Å². The Bertz CT molecular complexity index is 2070. The molecule has 2 amide bonds. The zero-order valence-corrected chi connectivity index (χ0v) is 33.5. The molecular formula is C47H50N4O6. The molecule has 1 saturated heterocycles. The lowest BCUT2D eigenvalue weighted by Gasteiger charge is -2.27. The van der Waals surface area contributed by atoms with Crippen LogP contribution in [-0.4, -0.2) is 30.7 Å². The fraction of sp³-hybridized carbons (Fsp3) is 0.234. The summed E-state index contributed by atoms with van der Waals surface area (Å²) in [6.07, 6.45) is 0.0390. The van der Waals surface area contributed by atoms with Crippen LogP contribution in [0.1, 0.15) is 71.2 Å². The first kappa shape index (κ1) is 41.6. The number of esters is 1. The van der Waals surface area contributed by atoms with Gasteiger partial charge in [-0.2, -0.15) is 0 Å². The van der Waals surface area contributed by atoms with E-state index in [1.54, 1.807) is 65.0 Å². The number of ether oxygens (including phenoxy) is 3. The smallest absolute Gasteiger partial charge is 0.414 e. The third-order valence-electron chi connectivity index (χ3n) is 9.25. The van der Waals surface area contributed by atoms with Crippen molar-refractivity contribution in [1.82, 2.24) is 16.0 Å². The number of carbonyl (C=O) groups excluding carboxylic acids is 3. The van der Waals surface area contributed by atoms with Crippen molar-refractivity contribution in [1.29, 1.82) is 0 Å². The van der Waals surface area contributed by atoms with E-state index in [-0.39, 0.29) is 5.96 Å². The van der Waals surface area contributed by atoms with Gasteiger partial charge in [-0.15, -0.1) is 0 Å². The number of carbonyl (C=O) groups is 3. The summed E-state index contributed by atoms with van der Waals surface area (Å²) >= 11 is 0. The largest absolute Gasteiger partial charge is 0.438 e. The second-order valence-corrected chi connectivity index (χ2v) is 14.0. The molecule has 0 aromatic heterocycles. The number of morpholine rings is 1. The van der Waals surface area contributed by atoms with E-state index in [4.69, 9.17) is 14.2 Å². The van der Waals surface area contributed by atoms with Crippen LogP contribution in [0, 0.1) is 0 Å². The minimum absolute atomic E-state index is 0.221. The molecule has 3 N–H and O–H groups in total. The molecule has 1 fully saturated rings. The summed E-state index contributed by atoms with van der Waals surface area (Å²) in [6.45, 7) is 13.3. The van der Waals surface area contributed by atoms with Gasteiger partial charge in [0, 0.05) is 0 Å². The molecule has 1 heterocycles. The van der Waals surface area contributed by atoms with Gasteiger partial charge in [0.1, 0.15) is 23.0 Å². The van der Waals surface area contributed by atoms with Gasteiger partial charge in [-0.3, -0.25) is 16.0 Å². The lowest BCUT2D eigenvalue weighted by molar-refractivity contribution is -0.144. The summed E-state index contributed by atoms with van der Waals surface area (Å²) in [7, 11) is 0. The number of benzene rings is 5. The maximum Gasteiger partial charge on any atom is 0.414 e. The first-order chi connectivity index (χ1) is 27.4. The number of hydrogen-bond acceptors (Lipinski definition) is 8. The maximum absolute atomic E-state index is 13.4. The summed E-state index contributed by atoms with van der Waals surface area (Å²) in [5, 5.41) is 8.35. The minimum atomic E-state index is -1.05. The number of allylic oxidation sites excluding steroid dienone is 1. The molecule has 10 heteroatoms. The molecule has 57 heavy (non-hydrogen) atoms. The molecule has 0 saturated carbocycles. The van der Waals surface area contributed by atoms with Crippen LogP contribution < -0.4 is 16.0 Å². The molecule has 0 aliphatic carbocycles. The van der Waals surface area contributed by atoms with Crippen LogP contribution in [0.25, 0.3) is 22.3 Å². The number of guanidine groups is 1. The highest BCUT2D eigenvalue weighted by Crippen LogP contribution is 2.30. The fourth-order valence-electron chi connectivity index (χ4n) is 6.10. The zero-order chi connectivity index (χ0) is 41.0. The Labute approximate surface area is 335 Å². The lowest BCUT2D eigenvalue weighted by Crippen LogP contribution is -2.47. The molecule has 5 aromatic carbocycles. The van der Waals surface area contributed by atoms with Crippen molar-refractivity contribution in [3.05, 3.63) is 162 Å². The van der Waals surface area contributed by atoms with Crippen molar-refractivity contribution in [2.45, 2.75) is 65.7 Å². The number of alkyl carbamates (subject to hydrolysis) is 2. The topological polar surface area (TPSA) is 127 Å². The summed E-state index contributed by atoms with van der Waals surface area (Å²) in [5.74, 6) is -0.0799. The second-order valence-electron chi connectivity index (χ2n) is 14.0. The average molecular weight is 767 g/mol. The monoisotopic (exact) mass is 766 g/mol. The van der Waals surface area contributed by atoms with Gasteiger partial charge in [0.15, 0.2) is 0 Å². The molecule has 1 atom stereocenters. The highest BCUT2D eigenvalue weighted by Gasteiger charge is 2.30. The first-order valence-corrected chi connectivity index (χ1v) is 19.0. The number of aliphatic imine (C=N–C) groups is 1. The summed E-state index contributed by atoms with van der Waals surface area (Å²) in [4.78, 5) is 44.0. The molecule has 0 bridgehead atoms. The lowest BCUT2D eigenvalue weighted by atomic mass is 9.95. The Kier molecular flexibility index (Phi) is 13.8. The van der Waals surface area contributed by atoms with Crippen molar-refractivity contribution in [2.75, 3.05) is 6.54 Å². The van der Waals surface area contributed by atoms with Crippen LogP contribution in [0.5, 0.6) is 0 Å². The fourth-order valence-corrected chi connectivity index (χ4v) is 6.10. The molecule has 0 radical (unpaired) electrons. The van der Waals surface area contributed by atoms with Crippen molar-refractivity contribution in [3.63, 3.8) is 0 Å². The number of rotatable bonds is 8. The molecule has 5 aromatic rings. The molecule has 6 rings (SSSR count). The predicted molar refractivity (Wildman–Crippen MR) is 225 cm³/mol. The predicted octanol–water partition coefficient (Wildman–Crippen LogP) is 10.4. The molecule has 10 nitrogen and oxygen atoms in total. The van der Waals surface area contributed by atoms with Crippen LogP contribution >= 0.6 is 0 Å². The van der Waals surface area contributed by atoms with Gasteiger partial charge in [0.2, 0.25) is 5.96 Å². The summed E-state index contributed by atoms with van der Waals surface area (Å²) in [5.41, 5.74) is 4.68. The standard InChI is InChI=1S/C45H44N4O6.C2H6/c1-6-38-29-46-39(40(50)53-38)34-21-27-37(28-22-34)47-41(48-42(51)54-44(2,3)35-23-17-32(18-24-35)30-13-9-7-10-14-30)49-43(52)55-45(4,5)36-25-19-33(20-26-36)31-15-11-8-12-16-31;1-2/h6-28,39,46H,29H2,1-5H3,(H2,47,48,49,51,52);1-2H3/b38-6+;. The molecule has 1 aliphatic rings. The Balaban J connectivity index is 0.00000305. The molecule has 1 unspecified atom stereocenters. The Morgan fingerprint density at radius 1 is 0.667 bits per heavy atom. The highest BCUT2D eigenvalue weighted by molar-refractivity contribution is 6.02. The van der Waals surface area contributed by atoms with Crippen LogP contribution in [-0.2, 0) is 30.2 Å². The van der Waals surface area contributed by atoms with Gasteiger partial charge >= 0.3 is 18.2 Å². The van der Waals surface area contributed by atoms with E-state index in [9.17, 15) is 14.4 Å². The zero-order valence-electron chi connectivity index (χ0n) is 33.5. The molecule has 0 spiro atoms. The number of hydrogen-bond donors (Lipinski definition) is 3. The SMILES string of the molecule is C/C=C1\CNC(c2ccc(N=C(NC(=O)OC(C)(C)c3ccc(-c4ccccc4)cc3)NC(=O)OC(C)(C)c3ccc(-c4ccccc4)cc3)cc2)C(=O)O1.CC. The van der Waals surface area contributed by atoms with Gasteiger partial charge in [0.05, 0.1) is 12.2 Å². The van der Waals surface area contributed by atoms with Crippen molar-refractivity contribution in [3.8, 4) is 22.3 Å². The summed E-state index contributed by atoms with van der Waals surface area (Å²) < 4.78 is 17.1. The highest BCUT2D eigenvalue weighted by atomic mass is 16.6. The number of cyclic esters (lactones) is 1. The normalized spacial score (nSPS) is 14.6. The van der Waals surface area contributed by atoms with Crippen LogP contribution in [0.2, 0.25) is 0 Å². The summed E-state index contributed by atoms with van der Waals surface area (Å²) in [6, 6.07) is 41.6. The van der Waals surface area contributed by atoms with E-state index >= 15 is 0 Å². The van der Waals surface area contributed by atoms with Gasteiger partial charge in [-0.1, -0.05) is 135 Å². The average Bonchev–Trinajstić information content (AvgIpc) is 3.22.